The Morgan fingerprint density at radius 1 is 1.60 bits per heavy atom. The second-order valence-electron chi connectivity index (χ2n) is 4.58. The fraction of sp³-hybridized carbons (Fsp3) is 0.600. The zero-order chi connectivity index (χ0) is 11.1. The summed E-state index contributed by atoms with van der Waals surface area (Å²) in [6.07, 6.45) is 4.38. The largest absolute Gasteiger partial charge is 0.366 e. The summed E-state index contributed by atoms with van der Waals surface area (Å²) in [5.41, 5.74) is 6.11. The van der Waals surface area contributed by atoms with Gasteiger partial charge in [0.1, 0.15) is 12.1 Å². The van der Waals surface area contributed by atoms with Crippen LogP contribution in [-0.2, 0) is 0 Å². The molecule has 1 fully saturated rings. The number of hydrogen-bond acceptors (Lipinski definition) is 4. The molecule has 15 heavy (non-hydrogen) atoms. The Labute approximate surface area is 103 Å². The predicted octanol–water partition coefficient (Wildman–Crippen LogP) is 1.62. The average Bonchev–Trinajstić information content (AvgIpc) is 2.20. The van der Waals surface area contributed by atoms with Crippen LogP contribution in [0.25, 0.3) is 0 Å². The van der Waals surface area contributed by atoms with E-state index in [4.69, 9.17) is 5.73 Å². The molecule has 1 aliphatic carbocycles. The SMILES string of the molecule is CC1(C)C(N)CC1Nc1ncncc1I. The number of aromatic nitrogens is 2. The number of halogens is 1. The zero-order valence-corrected chi connectivity index (χ0v) is 11.0. The minimum absolute atomic E-state index is 0.147. The molecule has 1 aromatic heterocycles. The molecule has 0 aromatic carbocycles. The van der Waals surface area contributed by atoms with Gasteiger partial charge in [-0.3, -0.25) is 0 Å². The fourth-order valence-corrected chi connectivity index (χ4v) is 2.24. The first-order valence-electron chi connectivity index (χ1n) is 4.99. The van der Waals surface area contributed by atoms with Crippen molar-refractivity contribution in [3.05, 3.63) is 16.1 Å². The normalized spacial score (nSPS) is 28.3. The van der Waals surface area contributed by atoms with Crippen molar-refractivity contribution in [1.29, 1.82) is 0 Å². The Morgan fingerprint density at radius 3 is 2.87 bits per heavy atom. The number of nitrogens with zero attached hydrogens (tertiary/aromatic N) is 2. The molecule has 2 unspecified atom stereocenters. The molecule has 0 aliphatic heterocycles. The number of hydrogen-bond donors (Lipinski definition) is 2. The maximum Gasteiger partial charge on any atom is 0.143 e. The van der Waals surface area contributed by atoms with E-state index in [1.165, 1.54) is 0 Å². The Balaban J connectivity index is 2.08. The van der Waals surface area contributed by atoms with Gasteiger partial charge in [0.05, 0.1) is 3.57 Å². The van der Waals surface area contributed by atoms with Crippen molar-refractivity contribution in [2.75, 3.05) is 5.32 Å². The van der Waals surface area contributed by atoms with E-state index >= 15 is 0 Å². The van der Waals surface area contributed by atoms with Crippen LogP contribution in [0.4, 0.5) is 5.82 Å². The highest BCUT2D eigenvalue weighted by Crippen LogP contribution is 2.40. The molecule has 1 saturated carbocycles. The van der Waals surface area contributed by atoms with Gasteiger partial charge < -0.3 is 11.1 Å². The van der Waals surface area contributed by atoms with Crippen molar-refractivity contribution in [2.24, 2.45) is 11.1 Å². The molecule has 5 heteroatoms. The zero-order valence-electron chi connectivity index (χ0n) is 8.87. The molecule has 1 aliphatic rings. The van der Waals surface area contributed by atoms with Gasteiger partial charge in [-0.1, -0.05) is 13.8 Å². The average molecular weight is 318 g/mol. The predicted molar refractivity (Wildman–Crippen MR) is 68.5 cm³/mol. The van der Waals surface area contributed by atoms with Gasteiger partial charge >= 0.3 is 0 Å². The molecule has 0 spiro atoms. The fourth-order valence-electron chi connectivity index (χ4n) is 1.79. The molecule has 1 heterocycles. The van der Waals surface area contributed by atoms with Crippen LogP contribution in [0.2, 0.25) is 0 Å². The van der Waals surface area contributed by atoms with Crippen LogP contribution in [0.15, 0.2) is 12.5 Å². The summed E-state index contributed by atoms with van der Waals surface area (Å²) in [5.74, 6) is 0.913. The second-order valence-corrected chi connectivity index (χ2v) is 5.74. The number of rotatable bonds is 2. The Bertz CT molecular complexity index is 366. The van der Waals surface area contributed by atoms with E-state index in [9.17, 15) is 0 Å². The van der Waals surface area contributed by atoms with E-state index < -0.39 is 0 Å². The highest BCUT2D eigenvalue weighted by molar-refractivity contribution is 14.1. The van der Waals surface area contributed by atoms with E-state index in [0.29, 0.717) is 6.04 Å². The van der Waals surface area contributed by atoms with Crippen LogP contribution >= 0.6 is 22.6 Å². The van der Waals surface area contributed by atoms with E-state index in [0.717, 1.165) is 15.8 Å². The first-order valence-corrected chi connectivity index (χ1v) is 6.07. The topological polar surface area (TPSA) is 63.8 Å². The molecule has 0 radical (unpaired) electrons. The minimum Gasteiger partial charge on any atom is -0.366 e. The highest BCUT2D eigenvalue weighted by Gasteiger charge is 2.46. The van der Waals surface area contributed by atoms with Crippen molar-refractivity contribution >= 4 is 28.4 Å². The van der Waals surface area contributed by atoms with Gasteiger partial charge in [-0.05, 0) is 29.0 Å². The Morgan fingerprint density at radius 2 is 2.33 bits per heavy atom. The number of anilines is 1. The summed E-state index contributed by atoms with van der Waals surface area (Å²) < 4.78 is 1.05. The van der Waals surface area contributed by atoms with Crippen molar-refractivity contribution in [2.45, 2.75) is 32.4 Å². The summed E-state index contributed by atoms with van der Waals surface area (Å²) in [6.45, 7) is 4.37. The monoisotopic (exact) mass is 318 g/mol. The van der Waals surface area contributed by atoms with Crippen LogP contribution < -0.4 is 11.1 Å². The molecule has 82 valence electrons. The number of nitrogens with two attached hydrogens (primary N) is 1. The van der Waals surface area contributed by atoms with Crippen molar-refractivity contribution < 1.29 is 0 Å². The van der Waals surface area contributed by atoms with E-state index in [-0.39, 0.29) is 11.5 Å². The van der Waals surface area contributed by atoms with Crippen LogP contribution in [0.1, 0.15) is 20.3 Å². The molecule has 0 saturated heterocycles. The molecular weight excluding hydrogens is 303 g/mol. The second kappa shape index (κ2) is 3.86. The third-order valence-electron chi connectivity index (χ3n) is 3.32. The molecule has 0 bridgehead atoms. The molecular formula is C10H15IN4. The molecule has 3 N–H and O–H groups in total. The van der Waals surface area contributed by atoms with Gasteiger partial charge in [-0.25, -0.2) is 9.97 Å². The van der Waals surface area contributed by atoms with Crippen LogP contribution in [-0.4, -0.2) is 22.1 Å². The van der Waals surface area contributed by atoms with Crippen LogP contribution in [0.3, 0.4) is 0 Å². The lowest BCUT2D eigenvalue weighted by atomic mass is 9.63. The summed E-state index contributed by atoms with van der Waals surface area (Å²) in [7, 11) is 0. The standard InChI is InChI=1S/C10H15IN4/c1-10(2)7(12)3-8(10)15-9-6(11)4-13-5-14-9/h4-5,7-8H,3,12H2,1-2H3,(H,13,14,15). The smallest absolute Gasteiger partial charge is 0.143 e. The van der Waals surface area contributed by atoms with Gasteiger partial charge in [0.25, 0.3) is 0 Å². The molecule has 4 nitrogen and oxygen atoms in total. The van der Waals surface area contributed by atoms with Gasteiger partial charge in [-0.2, -0.15) is 0 Å². The first kappa shape index (κ1) is 11.1. The molecule has 2 atom stereocenters. The maximum atomic E-state index is 5.96. The first-order chi connectivity index (χ1) is 7.01. The van der Waals surface area contributed by atoms with Gasteiger partial charge in [0, 0.05) is 23.7 Å². The van der Waals surface area contributed by atoms with Crippen LogP contribution in [0.5, 0.6) is 0 Å². The maximum absolute atomic E-state index is 5.96. The van der Waals surface area contributed by atoms with Crippen molar-refractivity contribution in [1.82, 2.24) is 9.97 Å². The van der Waals surface area contributed by atoms with Gasteiger partial charge in [0.2, 0.25) is 0 Å². The third kappa shape index (κ3) is 1.94. The van der Waals surface area contributed by atoms with E-state index in [1.807, 2.05) is 6.20 Å². The Kier molecular flexibility index (Phi) is 2.85. The van der Waals surface area contributed by atoms with Gasteiger partial charge in [-0.15, -0.1) is 0 Å². The highest BCUT2D eigenvalue weighted by atomic mass is 127. The lowest BCUT2D eigenvalue weighted by Gasteiger charge is -2.50. The third-order valence-corrected chi connectivity index (χ3v) is 4.11. The minimum atomic E-state index is 0.147. The molecule has 1 aromatic rings. The van der Waals surface area contributed by atoms with Crippen molar-refractivity contribution in [3.63, 3.8) is 0 Å². The van der Waals surface area contributed by atoms with Gasteiger partial charge in [0.15, 0.2) is 0 Å². The Hall–Kier alpha value is -0.430. The molecule has 0 amide bonds. The van der Waals surface area contributed by atoms with Crippen molar-refractivity contribution in [3.8, 4) is 0 Å². The summed E-state index contributed by atoms with van der Waals surface area (Å²) in [6, 6.07) is 0.699. The quantitative estimate of drug-likeness (QED) is 0.814. The number of nitrogens with one attached hydrogen (secondary N) is 1. The van der Waals surface area contributed by atoms with Crippen LogP contribution in [0, 0.1) is 8.99 Å². The van der Waals surface area contributed by atoms with E-state index in [1.54, 1.807) is 6.33 Å². The molecule has 2 rings (SSSR count). The van der Waals surface area contributed by atoms with E-state index in [2.05, 4.69) is 51.7 Å². The summed E-state index contributed by atoms with van der Waals surface area (Å²) >= 11 is 2.23. The summed E-state index contributed by atoms with van der Waals surface area (Å²) in [5, 5.41) is 3.43. The lowest BCUT2D eigenvalue weighted by Crippen LogP contribution is -2.61. The summed E-state index contributed by atoms with van der Waals surface area (Å²) in [4.78, 5) is 8.18. The lowest BCUT2D eigenvalue weighted by molar-refractivity contribution is 0.117.